The fourth-order valence-corrected chi connectivity index (χ4v) is 4.24. The van der Waals surface area contributed by atoms with Crippen LogP contribution in [0.3, 0.4) is 0 Å². The van der Waals surface area contributed by atoms with Gasteiger partial charge in [0.15, 0.2) is 0 Å². The molecule has 2 aliphatic rings. The Balaban J connectivity index is 1.58. The normalized spacial score (nSPS) is 23.3. The first-order valence-corrected chi connectivity index (χ1v) is 9.15. The van der Waals surface area contributed by atoms with Crippen molar-refractivity contribution >= 4 is 11.6 Å². The van der Waals surface area contributed by atoms with E-state index in [9.17, 15) is 13.2 Å². The Morgan fingerprint density at radius 2 is 1.81 bits per heavy atom. The zero-order chi connectivity index (χ0) is 18.5. The van der Waals surface area contributed by atoms with Crippen LogP contribution in [0.25, 0.3) is 5.78 Å². The monoisotopic (exact) mass is 368 g/mol. The van der Waals surface area contributed by atoms with Crippen molar-refractivity contribution in [2.75, 3.05) is 24.5 Å². The molecule has 142 valence electrons. The second-order valence-electron chi connectivity index (χ2n) is 7.35. The lowest BCUT2D eigenvalue weighted by molar-refractivity contribution is -0.144. The van der Waals surface area contributed by atoms with Crippen LogP contribution in [-0.2, 0) is 6.18 Å². The second-order valence-corrected chi connectivity index (χ2v) is 7.35. The Morgan fingerprint density at radius 3 is 2.42 bits per heavy atom. The van der Waals surface area contributed by atoms with Crippen LogP contribution in [0.4, 0.5) is 19.0 Å². The van der Waals surface area contributed by atoms with Gasteiger partial charge in [-0.2, -0.15) is 22.7 Å². The third-order valence-corrected chi connectivity index (χ3v) is 5.54. The highest BCUT2D eigenvalue weighted by atomic mass is 19.4. The van der Waals surface area contributed by atoms with E-state index >= 15 is 0 Å². The van der Waals surface area contributed by atoms with Crippen LogP contribution in [0.5, 0.6) is 0 Å². The minimum absolute atomic E-state index is 0.00242. The zero-order valence-corrected chi connectivity index (χ0v) is 15.0. The molecule has 2 aromatic heterocycles. The van der Waals surface area contributed by atoms with Gasteiger partial charge in [0.2, 0.25) is 0 Å². The van der Waals surface area contributed by atoms with Crippen molar-refractivity contribution in [2.45, 2.75) is 57.8 Å². The van der Waals surface area contributed by atoms with Gasteiger partial charge in [-0.15, -0.1) is 5.10 Å². The zero-order valence-electron chi connectivity index (χ0n) is 15.0. The fraction of sp³-hybridized carbons (Fsp3) is 0.706. The van der Waals surface area contributed by atoms with Gasteiger partial charge >= 0.3 is 6.18 Å². The van der Waals surface area contributed by atoms with E-state index < -0.39 is 12.0 Å². The number of likely N-dealkylation sites (tertiary alicyclic amines) is 1. The first kappa shape index (κ1) is 17.5. The molecule has 0 aliphatic carbocycles. The molecule has 4 heterocycles. The number of anilines is 1. The summed E-state index contributed by atoms with van der Waals surface area (Å²) in [7, 11) is 0. The average Bonchev–Trinajstić information content (AvgIpc) is 3.20. The van der Waals surface area contributed by atoms with Gasteiger partial charge in [0.05, 0.1) is 0 Å². The Morgan fingerprint density at radius 1 is 1.08 bits per heavy atom. The smallest absolute Gasteiger partial charge is 0.356 e. The molecule has 4 rings (SSSR count). The number of nitrogens with zero attached hydrogens (tertiary/aromatic N) is 6. The van der Waals surface area contributed by atoms with E-state index in [4.69, 9.17) is 0 Å². The molecule has 2 fully saturated rings. The van der Waals surface area contributed by atoms with Crippen LogP contribution >= 0.6 is 0 Å². The predicted octanol–water partition coefficient (Wildman–Crippen LogP) is 2.90. The highest BCUT2D eigenvalue weighted by molar-refractivity contribution is 5.48. The summed E-state index contributed by atoms with van der Waals surface area (Å²) in [5.74, 6) is -0.497. The summed E-state index contributed by atoms with van der Waals surface area (Å²) < 4.78 is 40.2. The standard InChI is InChI=1S/C17H23F3N6/c1-11-10-14(26-16(21-11)22-15(23-26)17(18,19)20)24-8-5-13(6-9-24)25-7-3-4-12(25)2/h10,12-13H,3-9H2,1-2H3. The summed E-state index contributed by atoms with van der Waals surface area (Å²) in [4.78, 5) is 12.4. The van der Waals surface area contributed by atoms with Gasteiger partial charge in [-0.1, -0.05) is 0 Å². The summed E-state index contributed by atoms with van der Waals surface area (Å²) in [6.45, 7) is 6.80. The molecule has 2 aliphatic heterocycles. The van der Waals surface area contributed by atoms with E-state index in [0.29, 0.717) is 23.6 Å². The van der Waals surface area contributed by atoms with Crippen molar-refractivity contribution in [2.24, 2.45) is 0 Å². The molecule has 0 N–H and O–H groups in total. The lowest BCUT2D eigenvalue weighted by atomic mass is 10.0. The van der Waals surface area contributed by atoms with Gasteiger partial charge < -0.3 is 4.90 Å². The lowest BCUT2D eigenvalue weighted by Crippen LogP contribution is -2.46. The molecular weight excluding hydrogens is 345 g/mol. The molecule has 0 amide bonds. The molecular formula is C17H23F3N6. The van der Waals surface area contributed by atoms with E-state index in [1.807, 2.05) is 0 Å². The highest BCUT2D eigenvalue weighted by Crippen LogP contribution is 2.30. The van der Waals surface area contributed by atoms with E-state index in [1.54, 1.807) is 13.0 Å². The lowest BCUT2D eigenvalue weighted by Gasteiger charge is -2.39. The molecule has 9 heteroatoms. The van der Waals surface area contributed by atoms with Crippen molar-refractivity contribution in [1.29, 1.82) is 0 Å². The number of rotatable bonds is 2. The molecule has 26 heavy (non-hydrogen) atoms. The Labute approximate surface area is 150 Å². The largest absolute Gasteiger partial charge is 0.453 e. The molecule has 0 bridgehead atoms. The maximum atomic E-state index is 13.0. The second kappa shape index (κ2) is 6.37. The average molecular weight is 368 g/mol. The third-order valence-electron chi connectivity index (χ3n) is 5.54. The first-order chi connectivity index (χ1) is 12.3. The van der Waals surface area contributed by atoms with Crippen LogP contribution in [0.2, 0.25) is 0 Å². The van der Waals surface area contributed by atoms with Crippen molar-refractivity contribution < 1.29 is 13.2 Å². The van der Waals surface area contributed by atoms with Crippen LogP contribution in [0.1, 0.15) is 44.1 Å². The minimum Gasteiger partial charge on any atom is -0.356 e. The Hall–Kier alpha value is -1.90. The predicted molar refractivity (Wildman–Crippen MR) is 91.2 cm³/mol. The van der Waals surface area contributed by atoms with Crippen molar-refractivity contribution in [1.82, 2.24) is 24.5 Å². The van der Waals surface area contributed by atoms with Gasteiger partial charge in [0, 0.05) is 36.9 Å². The molecule has 6 nitrogen and oxygen atoms in total. The molecule has 0 spiro atoms. The maximum absolute atomic E-state index is 13.0. The molecule has 0 radical (unpaired) electrons. The highest BCUT2D eigenvalue weighted by Gasteiger charge is 2.37. The number of aryl methyl sites for hydroxylation is 1. The van der Waals surface area contributed by atoms with Gasteiger partial charge in [0.25, 0.3) is 11.6 Å². The number of halogens is 3. The third kappa shape index (κ3) is 3.13. The van der Waals surface area contributed by atoms with Crippen LogP contribution in [0, 0.1) is 6.92 Å². The van der Waals surface area contributed by atoms with Crippen molar-refractivity contribution in [3.05, 3.63) is 17.6 Å². The van der Waals surface area contributed by atoms with Gasteiger partial charge in [-0.25, -0.2) is 4.98 Å². The van der Waals surface area contributed by atoms with E-state index in [-0.39, 0.29) is 5.78 Å². The van der Waals surface area contributed by atoms with Crippen LogP contribution in [-0.4, -0.2) is 56.2 Å². The minimum atomic E-state index is -4.57. The number of hydrogen-bond acceptors (Lipinski definition) is 5. The topological polar surface area (TPSA) is 49.6 Å². The van der Waals surface area contributed by atoms with Gasteiger partial charge in [-0.3, -0.25) is 4.90 Å². The Bertz CT molecular complexity index is 794. The summed E-state index contributed by atoms with van der Waals surface area (Å²) in [6, 6.07) is 2.98. The first-order valence-electron chi connectivity index (χ1n) is 9.15. The summed E-state index contributed by atoms with van der Waals surface area (Å²) in [5, 5.41) is 3.67. The SMILES string of the molecule is Cc1cc(N2CCC(N3CCCC3C)CC2)n2nc(C(F)(F)F)nc2n1. The van der Waals surface area contributed by atoms with Crippen molar-refractivity contribution in [3.63, 3.8) is 0 Å². The molecule has 0 aromatic carbocycles. The summed E-state index contributed by atoms with van der Waals surface area (Å²) >= 11 is 0. The maximum Gasteiger partial charge on any atom is 0.453 e. The number of alkyl halides is 3. The molecule has 2 saturated heterocycles. The fourth-order valence-electron chi connectivity index (χ4n) is 4.24. The van der Waals surface area contributed by atoms with Gasteiger partial charge in [0.1, 0.15) is 5.82 Å². The van der Waals surface area contributed by atoms with Crippen LogP contribution < -0.4 is 4.90 Å². The van der Waals surface area contributed by atoms with E-state index in [1.165, 1.54) is 17.4 Å². The summed E-state index contributed by atoms with van der Waals surface area (Å²) in [5.41, 5.74) is 0.643. The van der Waals surface area contributed by atoms with Crippen molar-refractivity contribution in [3.8, 4) is 0 Å². The summed E-state index contributed by atoms with van der Waals surface area (Å²) in [6.07, 6.45) is -0.0475. The van der Waals surface area contributed by atoms with E-state index in [0.717, 1.165) is 32.5 Å². The Kier molecular flexibility index (Phi) is 4.29. The quantitative estimate of drug-likeness (QED) is 0.816. The number of fused-ring (bicyclic) bond motifs is 1. The molecule has 1 atom stereocenters. The van der Waals surface area contributed by atoms with E-state index in [2.05, 4.69) is 31.8 Å². The van der Waals surface area contributed by atoms with Crippen LogP contribution in [0.15, 0.2) is 6.07 Å². The molecule has 1 unspecified atom stereocenters. The number of aromatic nitrogens is 4. The number of piperidine rings is 1. The van der Waals surface area contributed by atoms with Gasteiger partial charge in [-0.05, 0) is 46.1 Å². The number of hydrogen-bond donors (Lipinski definition) is 0. The molecule has 2 aromatic rings. The molecule has 0 saturated carbocycles.